The summed E-state index contributed by atoms with van der Waals surface area (Å²) >= 11 is 0. The van der Waals surface area contributed by atoms with Gasteiger partial charge in [-0.2, -0.15) is 0 Å². The summed E-state index contributed by atoms with van der Waals surface area (Å²) in [6.07, 6.45) is 3.41. The van der Waals surface area contributed by atoms with Gasteiger partial charge >= 0.3 is 0 Å². The summed E-state index contributed by atoms with van der Waals surface area (Å²) in [5.74, 6) is 0.789. The molecule has 0 bridgehead atoms. The highest BCUT2D eigenvalue weighted by atomic mass is 35.5. The van der Waals surface area contributed by atoms with Gasteiger partial charge in [0.25, 0.3) is 0 Å². The van der Waals surface area contributed by atoms with Crippen molar-refractivity contribution in [2.75, 3.05) is 0 Å². The van der Waals surface area contributed by atoms with E-state index in [0.717, 1.165) is 12.5 Å². The predicted octanol–water partition coefficient (Wildman–Crippen LogP) is -0.667. The topological polar surface area (TPSA) is 3.88 Å². The lowest BCUT2D eigenvalue weighted by molar-refractivity contribution is -0.703. The summed E-state index contributed by atoms with van der Waals surface area (Å²) in [5.41, 5.74) is 1.35. The third-order valence-electron chi connectivity index (χ3n) is 2.11. The molecule has 0 atom stereocenters. The molecule has 0 saturated carbocycles. The smallest absolute Gasteiger partial charge is 0.178 e. The maximum absolute atomic E-state index is 2.31. The predicted molar refractivity (Wildman–Crippen MR) is 50.8 cm³/mol. The Morgan fingerprint density at radius 1 is 1.31 bits per heavy atom. The van der Waals surface area contributed by atoms with E-state index in [1.54, 1.807) is 0 Å². The molecule has 0 aliphatic rings. The third kappa shape index (κ3) is 4.28. The van der Waals surface area contributed by atoms with Crippen molar-refractivity contribution in [2.45, 2.75) is 33.7 Å². The number of halogens is 1. The van der Waals surface area contributed by atoms with Crippen LogP contribution in [-0.4, -0.2) is 0 Å². The highest BCUT2D eigenvalue weighted by molar-refractivity contribution is 4.93. The first-order valence-electron chi connectivity index (χ1n) is 4.65. The van der Waals surface area contributed by atoms with E-state index in [1.807, 2.05) is 0 Å². The summed E-state index contributed by atoms with van der Waals surface area (Å²) < 4.78 is 2.31. The zero-order valence-electron chi connectivity index (χ0n) is 8.63. The van der Waals surface area contributed by atoms with Crippen LogP contribution in [0.15, 0.2) is 24.4 Å². The zero-order chi connectivity index (χ0) is 8.97. The van der Waals surface area contributed by atoms with Gasteiger partial charge in [0.1, 0.15) is 6.54 Å². The minimum absolute atomic E-state index is 0. The van der Waals surface area contributed by atoms with Crippen molar-refractivity contribution in [1.82, 2.24) is 0 Å². The van der Waals surface area contributed by atoms with Gasteiger partial charge in [0.2, 0.25) is 0 Å². The van der Waals surface area contributed by atoms with Gasteiger partial charge in [0.05, 0.1) is 0 Å². The van der Waals surface area contributed by atoms with Gasteiger partial charge in [0, 0.05) is 25.5 Å². The van der Waals surface area contributed by atoms with Gasteiger partial charge in [0.15, 0.2) is 11.9 Å². The Balaban J connectivity index is 0.00000144. The van der Waals surface area contributed by atoms with Gasteiger partial charge in [-0.3, -0.25) is 0 Å². The second-order valence-electron chi connectivity index (χ2n) is 3.72. The van der Waals surface area contributed by atoms with E-state index in [4.69, 9.17) is 0 Å². The molecular weight excluding hydrogens is 182 g/mol. The maximum Gasteiger partial charge on any atom is 0.178 e. The lowest BCUT2D eigenvalue weighted by atomic mass is 10.1. The van der Waals surface area contributed by atoms with E-state index in [-0.39, 0.29) is 12.4 Å². The molecule has 0 radical (unpaired) electrons. The summed E-state index contributed by atoms with van der Waals surface area (Å²) in [4.78, 5) is 0. The molecule has 1 aromatic rings. The molecule has 1 nitrogen and oxygen atoms in total. The Hall–Kier alpha value is -0.560. The van der Waals surface area contributed by atoms with E-state index in [2.05, 4.69) is 49.7 Å². The number of aryl methyl sites for hydroxylation is 2. The van der Waals surface area contributed by atoms with Crippen LogP contribution in [0.2, 0.25) is 0 Å². The van der Waals surface area contributed by atoms with Gasteiger partial charge in [-0.15, -0.1) is 0 Å². The number of pyridine rings is 1. The van der Waals surface area contributed by atoms with Crippen molar-refractivity contribution in [3.63, 3.8) is 0 Å². The molecule has 74 valence electrons. The largest absolute Gasteiger partial charge is 1.00 e. The van der Waals surface area contributed by atoms with E-state index < -0.39 is 0 Å². The third-order valence-corrected chi connectivity index (χ3v) is 2.11. The second kappa shape index (κ2) is 5.98. The summed E-state index contributed by atoms with van der Waals surface area (Å²) in [5, 5.41) is 0. The molecule has 0 amide bonds. The molecule has 1 rings (SSSR count). The van der Waals surface area contributed by atoms with Crippen LogP contribution in [0.3, 0.4) is 0 Å². The zero-order valence-corrected chi connectivity index (χ0v) is 9.38. The molecule has 0 saturated heterocycles. The molecule has 1 aromatic heterocycles. The number of hydrogen-bond donors (Lipinski definition) is 0. The van der Waals surface area contributed by atoms with Gasteiger partial charge in [-0.05, 0) is 5.92 Å². The van der Waals surface area contributed by atoms with E-state index in [9.17, 15) is 0 Å². The number of nitrogens with zero attached hydrogens (tertiary/aromatic N) is 1. The van der Waals surface area contributed by atoms with Crippen LogP contribution in [0.4, 0.5) is 0 Å². The molecule has 0 aliphatic heterocycles. The Morgan fingerprint density at radius 2 is 2.00 bits per heavy atom. The molecule has 13 heavy (non-hydrogen) atoms. The Bertz CT molecular complexity index is 246. The highest BCUT2D eigenvalue weighted by Gasteiger charge is 2.04. The molecular formula is C11H18ClN. The number of aromatic nitrogens is 1. The van der Waals surface area contributed by atoms with Crippen molar-refractivity contribution in [2.24, 2.45) is 5.92 Å². The molecule has 0 N–H and O–H groups in total. The molecule has 0 spiro atoms. The van der Waals surface area contributed by atoms with Crippen molar-refractivity contribution in [3.8, 4) is 0 Å². The second-order valence-corrected chi connectivity index (χ2v) is 3.72. The molecule has 0 aromatic carbocycles. The Labute approximate surface area is 87.2 Å². The van der Waals surface area contributed by atoms with E-state index in [1.165, 1.54) is 12.1 Å². The van der Waals surface area contributed by atoms with Crippen LogP contribution in [0.25, 0.3) is 0 Å². The van der Waals surface area contributed by atoms with Crippen LogP contribution in [0, 0.1) is 12.8 Å². The lowest BCUT2D eigenvalue weighted by Crippen LogP contribution is -3.00. The fourth-order valence-electron chi connectivity index (χ4n) is 1.21. The Morgan fingerprint density at radius 3 is 2.54 bits per heavy atom. The maximum atomic E-state index is 2.31. The van der Waals surface area contributed by atoms with Crippen molar-refractivity contribution in [1.29, 1.82) is 0 Å². The summed E-state index contributed by atoms with van der Waals surface area (Å²) in [6.45, 7) is 7.82. The van der Waals surface area contributed by atoms with Crippen LogP contribution in [0.1, 0.15) is 26.0 Å². The SMILES string of the molecule is Cc1cccc[n+]1CCC(C)C.[Cl-]. The van der Waals surface area contributed by atoms with Crippen molar-refractivity contribution in [3.05, 3.63) is 30.1 Å². The van der Waals surface area contributed by atoms with Gasteiger partial charge in [-0.25, -0.2) is 4.57 Å². The first-order chi connectivity index (χ1) is 5.70. The Kier molecular flexibility index (Phi) is 5.72. The molecule has 0 unspecified atom stereocenters. The van der Waals surface area contributed by atoms with Crippen LogP contribution in [0.5, 0.6) is 0 Å². The molecule has 0 fully saturated rings. The molecule has 1 heterocycles. The first-order valence-corrected chi connectivity index (χ1v) is 4.65. The first kappa shape index (κ1) is 12.4. The van der Waals surface area contributed by atoms with Crippen molar-refractivity contribution >= 4 is 0 Å². The highest BCUT2D eigenvalue weighted by Crippen LogP contribution is 1.98. The monoisotopic (exact) mass is 199 g/mol. The van der Waals surface area contributed by atoms with E-state index >= 15 is 0 Å². The quantitative estimate of drug-likeness (QED) is 0.569. The van der Waals surface area contributed by atoms with Gasteiger partial charge in [-0.1, -0.05) is 19.9 Å². The van der Waals surface area contributed by atoms with Crippen LogP contribution in [-0.2, 0) is 6.54 Å². The standard InChI is InChI=1S/C11H18N.ClH/c1-10(2)7-9-12-8-5-4-6-11(12)3;/h4-6,8,10H,7,9H2,1-3H3;1H/q+1;/p-1. The minimum atomic E-state index is 0. The minimum Gasteiger partial charge on any atom is -1.00 e. The summed E-state index contributed by atoms with van der Waals surface area (Å²) in [7, 11) is 0. The van der Waals surface area contributed by atoms with Crippen LogP contribution >= 0.6 is 0 Å². The summed E-state index contributed by atoms with van der Waals surface area (Å²) in [6, 6.07) is 6.33. The van der Waals surface area contributed by atoms with Crippen LogP contribution < -0.4 is 17.0 Å². The number of rotatable bonds is 3. The lowest BCUT2D eigenvalue weighted by Gasteiger charge is -2.02. The molecule has 2 heteroatoms. The van der Waals surface area contributed by atoms with E-state index in [0.29, 0.717) is 0 Å². The fourth-order valence-corrected chi connectivity index (χ4v) is 1.21. The average Bonchev–Trinajstić information content (AvgIpc) is 2.03. The van der Waals surface area contributed by atoms with Crippen molar-refractivity contribution < 1.29 is 17.0 Å². The number of hydrogen-bond acceptors (Lipinski definition) is 0. The molecule has 0 aliphatic carbocycles. The normalized spacial score (nSPS) is 9.85. The fraction of sp³-hybridized carbons (Fsp3) is 0.545. The van der Waals surface area contributed by atoms with Gasteiger partial charge < -0.3 is 12.4 Å². The average molecular weight is 200 g/mol.